The Morgan fingerprint density at radius 1 is 1.53 bits per heavy atom. The molecular weight excluding hydrogens is 242 g/mol. The third kappa shape index (κ3) is 3.67. The number of nitrogens with two attached hydrogens (primary N) is 1. The zero-order valence-electron chi connectivity index (χ0n) is 11.6. The van der Waals surface area contributed by atoms with Gasteiger partial charge in [0.05, 0.1) is 25.9 Å². The summed E-state index contributed by atoms with van der Waals surface area (Å²) in [5.41, 5.74) is 4.03. The maximum atomic E-state index is 5.82. The van der Waals surface area contributed by atoms with E-state index in [9.17, 15) is 0 Å². The number of para-hydroxylation sites is 1. The topological polar surface area (TPSA) is 59.8 Å². The van der Waals surface area contributed by atoms with E-state index < -0.39 is 0 Å². The van der Waals surface area contributed by atoms with Crippen LogP contribution in [0.25, 0.3) is 0 Å². The quantitative estimate of drug-likeness (QED) is 0.596. The summed E-state index contributed by atoms with van der Waals surface area (Å²) in [5, 5.41) is 0. The first-order valence-electron chi connectivity index (χ1n) is 6.62. The molecule has 0 saturated carbocycles. The van der Waals surface area contributed by atoms with Crippen molar-refractivity contribution in [1.29, 1.82) is 0 Å². The summed E-state index contributed by atoms with van der Waals surface area (Å²) in [5.74, 6) is 6.59. The number of hydrazine groups is 1. The maximum Gasteiger partial charge on any atom is 0.122 e. The lowest BCUT2D eigenvalue weighted by Crippen LogP contribution is -2.54. The number of hydrogen-bond donors (Lipinski definition) is 2. The van der Waals surface area contributed by atoms with Crippen LogP contribution in [0.3, 0.4) is 0 Å². The molecule has 5 heteroatoms. The van der Waals surface area contributed by atoms with E-state index in [1.54, 1.807) is 7.11 Å². The summed E-state index contributed by atoms with van der Waals surface area (Å²) in [4.78, 5) is 2.26. The van der Waals surface area contributed by atoms with Crippen LogP contribution in [0.15, 0.2) is 24.3 Å². The third-order valence-corrected chi connectivity index (χ3v) is 3.59. The summed E-state index contributed by atoms with van der Waals surface area (Å²) in [7, 11) is 3.79. The molecular formula is C14H23N3O2. The van der Waals surface area contributed by atoms with Crippen molar-refractivity contribution in [2.24, 2.45) is 5.84 Å². The second kappa shape index (κ2) is 6.86. The number of morpholine rings is 1. The molecule has 2 atom stereocenters. The van der Waals surface area contributed by atoms with Gasteiger partial charge in [0.2, 0.25) is 0 Å². The number of nitrogens with zero attached hydrogens (tertiary/aromatic N) is 1. The van der Waals surface area contributed by atoms with Crippen LogP contribution in [-0.2, 0) is 11.2 Å². The average molecular weight is 265 g/mol. The number of likely N-dealkylation sites (N-methyl/N-ethyl adjacent to an activating group) is 1. The van der Waals surface area contributed by atoms with Gasteiger partial charge in [-0.25, -0.2) is 0 Å². The van der Waals surface area contributed by atoms with Gasteiger partial charge < -0.3 is 14.4 Å². The monoisotopic (exact) mass is 265 g/mol. The minimum Gasteiger partial charge on any atom is -0.496 e. The van der Waals surface area contributed by atoms with Crippen LogP contribution in [-0.4, -0.2) is 50.9 Å². The normalized spacial score (nSPS) is 22.2. The van der Waals surface area contributed by atoms with Gasteiger partial charge in [-0.15, -0.1) is 0 Å². The average Bonchev–Trinajstić information content (AvgIpc) is 2.45. The first kappa shape index (κ1) is 14.3. The van der Waals surface area contributed by atoms with Gasteiger partial charge in [-0.1, -0.05) is 18.2 Å². The molecule has 1 aliphatic heterocycles. The number of nitrogens with one attached hydrogen (secondary N) is 1. The molecule has 106 valence electrons. The lowest BCUT2D eigenvalue weighted by atomic mass is 10.00. The zero-order chi connectivity index (χ0) is 13.7. The molecule has 0 amide bonds. The molecule has 0 aromatic heterocycles. The number of ether oxygens (including phenoxy) is 2. The van der Waals surface area contributed by atoms with Gasteiger partial charge in [0.25, 0.3) is 0 Å². The van der Waals surface area contributed by atoms with Crippen molar-refractivity contribution in [1.82, 2.24) is 10.3 Å². The van der Waals surface area contributed by atoms with Crippen molar-refractivity contribution >= 4 is 0 Å². The lowest BCUT2D eigenvalue weighted by Gasteiger charge is -2.35. The predicted octanol–water partition coefficient (Wildman–Crippen LogP) is 0.400. The molecule has 0 spiro atoms. The molecule has 2 unspecified atom stereocenters. The van der Waals surface area contributed by atoms with E-state index in [1.807, 2.05) is 18.2 Å². The minimum atomic E-state index is 0.0825. The lowest BCUT2D eigenvalue weighted by molar-refractivity contribution is -0.0385. The molecule has 1 heterocycles. The van der Waals surface area contributed by atoms with Crippen molar-refractivity contribution in [2.45, 2.75) is 18.6 Å². The molecule has 0 aliphatic carbocycles. The highest BCUT2D eigenvalue weighted by Crippen LogP contribution is 2.21. The van der Waals surface area contributed by atoms with E-state index in [-0.39, 0.29) is 12.1 Å². The largest absolute Gasteiger partial charge is 0.496 e. The summed E-state index contributed by atoms with van der Waals surface area (Å²) in [6, 6.07) is 8.10. The Balaban J connectivity index is 2.05. The molecule has 5 nitrogen and oxygen atoms in total. The van der Waals surface area contributed by atoms with Crippen molar-refractivity contribution < 1.29 is 9.47 Å². The van der Waals surface area contributed by atoms with Gasteiger partial charge in [-0.05, 0) is 25.1 Å². The van der Waals surface area contributed by atoms with E-state index in [2.05, 4.69) is 23.4 Å². The second-order valence-electron chi connectivity index (χ2n) is 4.96. The Bertz CT molecular complexity index is 400. The Kier molecular flexibility index (Phi) is 5.15. The summed E-state index contributed by atoms with van der Waals surface area (Å²) < 4.78 is 11.2. The summed E-state index contributed by atoms with van der Waals surface area (Å²) in [6.07, 6.45) is 0.896. The third-order valence-electron chi connectivity index (χ3n) is 3.59. The summed E-state index contributed by atoms with van der Waals surface area (Å²) >= 11 is 0. The Labute approximate surface area is 114 Å². The first-order valence-corrected chi connectivity index (χ1v) is 6.62. The molecule has 0 bridgehead atoms. The first-order chi connectivity index (χ1) is 9.24. The highest BCUT2D eigenvalue weighted by molar-refractivity contribution is 5.34. The van der Waals surface area contributed by atoms with Gasteiger partial charge in [0.15, 0.2) is 0 Å². The van der Waals surface area contributed by atoms with Crippen LogP contribution < -0.4 is 16.0 Å². The van der Waals surface area contributed by atoms with Crippen LogP contribution in [0.1, 0.15) is 5.56 Å². The highest BCUT2D eigenvalue weighted by atomic mass is 16.5. The van der Waals surface area contributed by atoms with Gasteiger partial charge in [-0.3, -0.25) is 11.3 Å². The fourth-order valence-electron chi connectivity index (χ4n) is 2.46. The molecule has 1 aromatic rings. The van der Waals surface area contributed by atoms with Crippen molar-refractivity contribution in [3.05, 3.63) is 29.8 Å². The molecule has 1 saturated heterocycles. The van der Waals surface area contributed by atoms with Gasteiger partial charge >= 0.3 is 0 Å². The van der Waals surface area contributed by atoms with E-state index in [1.165, 1.54) is 0 Å². The molecule has 2 rings (SSSR count). The van der Waals surface area contributed by atoms with Crippen LogP contribution in [0.2, 0.25) is 0 Å². The van der Waals surface area contributed by atoms with Crippen molar-refractivity contribution in [3.63, 3.8) is 0 Å². The predicted molar refractivity (Wildman–Crippen MR) is 75.0 cm³/mol. The standard InChI is InChI=1S/C14H23N3O2/c1-17-7-8-19-14(10-17)12(16-15)9-11-5-3-4-6-13(11)18-2/h3-6,12,14,16H,7-10,15H2,1-2H3. The SMILES string of the molecule is COc1ccccc1CC(NN)C1CN(C)CCO1. The smallest absolute Gasteiger partial charge is 0.122 e. The van der Waals surface area contributed by atoms with Gasteiger partial charge in [-0.2, -0.15) is 0 Å². The maximum absolute atomic E-state index is 5.82. The Morgan fingerprint density at radius 2 is 2.32 bits per heavy atom. The highest BCUT2D eigenvalue weighted by Gasteiger charge is 2.26. The number of hydrogen-bond acceptors (Lipinski definition) is 5. The van der Waals surface area contributed by atoms with E-state index >= 15 is 0 Å². The minimum absolute atomic E-state index is 0.0825. The Hall–Kier alpha value is -1.14. The second-order valence-corrected chi connectivity index (χ2v) is 4.96. The zero-order valence-corrected chi connectivity index (χ0v) is 11.6. The van der Waals surface area contributed by atoms with Gasteiger partial charge in [0.1, 0.15) is 5.75 Å². The summed E-state index contributed by atoms with van der Waals surface area (Å²) in [6.45, 7) is 2.62. The van der Waals surface area contributed by atoms with Crippen molar-refractivity contribution in [2.75, 3.05) is 33.9 Å². The van der Waals surface area contributed by atoms with Crippen LogP contribution in [0.5, 0.6) is 5.75 Å². The molecule has 1 aromatic carbocycles. The fourth-order valence-corrected chi connectivity index (χ4v) is 2.46. The van der Waals surface area contributed by atoms with Crippen molar-refractivity contribution in [3.8, 4) is 5.75 Å². The Morgan fingerprint density at radius 3 is 3.00 bits per heavy atom. The van der Waals surface area contributed by atoms with Crippen LogP contribution >= 0.6 is 0 Å². The molecule has 3 N–H and O–H groups in total. The van der Waals surface area contributed by atoms with E-state index in [0.29, 0.717) is 0 Å². The fraction of sp³-hybridized carbons (Fsp3) is 0.571. The molecule has 1 fully saturated rings. The molecule has 1 aliphatic rings. The molecule has 19 heavy (non-hydrogen) atoms. The van der Waals surface area contributed by atoms with Crippen LogP contribution in [0.4, 0.5) is 0 Å². The van der Waals surface area contributed by atoms with E-state index in [4.69, 9.17) is 15.3 Å². The van der Waals surface area contributed by atoms with Gasteiger partial charge in [0, 0.05) is 13.1 Å². The number of benzene rings is 1. The van der Waals surface area contributed by atoms with E-state index in [0.717, 1.165) is 37.4 Å². The molecule has 0 radical (unpaired) electrons. The number of methoxy groups -OCH3 is 1. The number of rotatable bonds is 5. The van der Waals surface area contributed by atoms with Crippen LogP contribution in [0, 0.1) is 0 Å².